The average molecular weight is 300 g/mol. The van der Waals surface area contributed by atoms with Crippen LogP contribution in [0.15, 0.2) is 36.4 Å². The molecule has 0 atom stereocenters. The molecule has 4 nitrogen and oxygen atoms in total. The minimum absolute atomic E-state index is 0.656. The maximum Gasteiger partial charge on any atom is 0.131 e. The number of methoxy groups -OCH3 is 1. The van der Waals surface area contributed by atoms with Crippen LogP contribution in [-0.4, -0.2) is 18.7 Å². The summed E-state index contributed by atoms with van der Waals surface area (Å²) < 4.78 is 12.0. The highest BCUT2D eigenvalue weighted by molar-refractivity contribution is 7.21. The molecule has 0 fully saturated rings. The summed E-state index contributed by atoms with van der Waals surface area (Å²) in [6.45, 7) is 2.63. The van der Waals surface area contributed by atoms with Crippen molar-refractivity contribution in [1.82, 2.24) is 4.98 Å². The third-order valence-corrected chi connectivity index (χ3v) is 4.18. The summed E-state index contributed by atoms with van der Waals surface area (Å²) in [5.74, 6) is 1.60. The lowest BCUT2D eigenvalue weighted by molar-refractivity contribution is 0.341. The Kier molecular flexibility index (Phi) is 3.66. The number of nitrogens with zero attached hydrogens (tertiary/aromatic N) is 1. The van der Waals surface area contributed by atoms with Gasteiger partial charge in [0, 0.05) is 11.8 Å². The van der Waals surface area contributed by atoms with E-state index in [9.17, 15) is 0 Å². The number of fused-ring (bicyclic) bond motifs is 1. The molecule has 0 saturated carbocycles. The smallest absolute Gasteiger partial charge is 0.131 e. The van der Waals surface area contributed by atoms with Crippen molar-refractivity contribution < 1.29 is 9.47 Å². The predicted molar refractivity (Wildman–Crippen MR) is 87.2 cm³/mol. The van der Waals surface area contributed by atoms with E-state index in [0.717, 1.165) is 32.3 Å². The number of ether oxygens (including phenoxy) is 2. The lowest BCUT2D eigenvalue weighted by atomic mass is 10.2. The van der Waals surface area contributed by atoms with Gasteiger partial charge in [0.1, 0.15) is 16.5 Å². The highest BCUT2D eigenvalue weighted by atomic mass is 32.1. The van der Waals surface area contributed by atoms with Gasteiger partial charge in [0.05, 0.1) is 29.5 Å². The van der Waals surface area contributed by atoms with Crippen LogP contribution in [0.4, 0.5) is 5.69 Å². The largest absolute Gasteiger partial charge is 0.496 e. The molecular weight excluding hydrogens is 284 g/mol. The van der Waals surface area contributed by atoms with E-state index in [-0.39, 0.29) is 0 Å². The third kappa shape index (κ3) is 2.64. The van der Waals surface area contributed by atoms with Gasteiger partial charge in [-0.25, -0.2) is 4.98 Å². The van der Waals surface area contributed by atoms with Gasteiger partial charge in [0.2, 0.25) is 0 Å². The average Bonchev–Trinajstić information content (AvgIpc) is 2.90. The Labute approximate surface area is 127 Å². The number of nitrogens with two attached hydrogens (primary N) is 1. The Morgan fingerprint density at radius 2 is 2.05 bits per heavy atom. The summed E-state index contributed by atoms with van der Waals surface area (Å²) in [7, 11) is 1.64. The van der Waals surface area contributed by atoms with E-state index >= 15 is 0 Å². The van der Waals surface area contributed by atoms with Crippen molar-refractivity contribution in [1.29, 1.82) is 0 Å². The number of benzene rings is 2. The maximum absolute atomic E-state index is 5.80. The standard InChI is InChI=1S/C16H16N2O2S/c1-3-20-11-5-7-13-15(9-11)21-16(18-13)12-6-4-10(17)8-14(12)19-2/h4-9H,3,17H2,1-2H3. The van der Waals surface area contributed by atoms with Gasteiger partial charge in [-0.15, -0.1) is 11.3 Å². The molecule has 2 aromatic carbocycles. The fraction of sp³-hybridized carbons (Fsp3) is 0.188. The van der Waals surface area contributed by atoms with Crippen LogP contribution in [-0.2, 0) is 0 Å². The zero-order valence-corrected chi connectivity index (χ0v) is 12.7. The van der Waals surface area contributed by atoms with E-state index in [1.807, 2.05) is 43.3 Å². The van der Waals surface area contributed by atoms with Crippen LogP contribution in [0.25, 0.3) is 20.8 Å². The van der Waals surface area contributed by atoms with Gasteiger partial charge in [-0.05, 0) is 37.3 Å². The van der Waals surface area contributed by atoms with Crippen molar-refractivity contribution in [3.63, 3.8) is 0 Å². The van der Waals surface area contributed by atoms with Gasteiger partial charge in [-0.2, -0.15) is 0 Å². The van der Waals surface area contributed by atoms with Gasteiger partial charge in [0.15, 0.2) is 0 Å². The number of hydrogen-bond acceptors (Lipinski definition) is 5. The molecule has 3 rings (SSSR count). The second-order valence-electron chi connectivity index (χ2n) is 4.54. The summed E-state index contributed by atoms with van der Waals surface area (Å²) in [6, 6.07) is 11.5. The number of nitrogen functional groups attached to an aromatic ring is 1. The predicted octanol–water partition coefficient (Wildman–Crippen LogP) is 3.95. The first-order chi connectivity index (χ1) is 10.2. The van der Waals surface area contributed by atoms with Gasteiger partial charge < -0.3 is 15.2 Å². The molecule has 3 aromatic rings. The molecule has 5 heteroatoms. The van der Waals surface area contributed by atoms with Crippen LogP contribution < -0.4 is 15.2 Å². The second-order valence-corrected chi connectivity index (χ2v) is 5.57. The number of hydrogen-bond donors (Lipinski definition) is 1. The topological polar surface area (TPSA) is 57.4 Å². The summed E-state index contributed by atoms with van der Waals surface area (Å²) in [4.78, 5) is 4.66. The molecule has 0 aliphatic rings. The number of rotatable bonds is 4. The van der Waals surface area contributed by atoms with Gasteiger partial charge in [-0.1, -0.05) is 0 Å². The zero-order chi connectivity index (χ0) is 14.8. The maximum atomic E-state index is 5.80. The molecule has 21 heavy (non-hydrogen) atoms. The quantitative estimate of drug-likeness (QED) is 0.741. The number of anilines is 1. The van der Waals surface area contributed by atoms with Gasteiger partial charge >= 0.3 is 0 Å². The van der Waals surface area contributed by atoms with Crippen LogP contribution in [0.5, 0.6) is 11.5 Å². The molecule has 0 unspecified atom stereocenters. The third-order valence-electron chi connectivity index (χ3n) is 3.13. The summed E-state index contributed by atoms with van der Waals surface area (Å²) in [5.41, 5.74) is 8.38. The molecule has 2 N–H and O–H groups in total. The fourth-order valence-electron chi connectivity index (χ4n) is 2.16. The van der Waals surface area contributed by atoms with E-state index < -0.39 is 0 Å². The van der Waals surface area contributed by atoms with Crippen molar-refractivity contribution >= 4 is 27.2 Å². The number of thiazole rings is 1. The summed E-state index contributed by atoms with van der Waals surface area (Å²) in [5, 5.41) is 0.912. The summed E-state index contributed by atoms with van der Waals surface area (Å²) >= 11 is 1.61. The lowest BCUT2D eigenvalue weighted by Gasteiger charge is -2.06. The van der Waals surface area contributed by atoms with Crippen LogP contribution in [0.1, 0.15) is 6.92 Å². The molecule has 0 aliphatic carbocycles. The normalized spacial score (nSPS) is 10.8. The van der Waals surface area contributed by atoms with E-state index in [2.05, 4.69) is 4.98 Å². The molecule has 1 aromatic heterocycles. The molecule has 0 amide bonds. The molecule has 108 valence electrons. The van der Waals surface area contributed by atoms with Crippen molar-refractivity contribution in [2.45, 2.75) is 6.92 Å². The van der Waals surface area contributed by atoms with Crippen LogP contribution in [0.2, 0.25) is 0 Å². The first kappa shape index (κ1) is 13.7. The zero-order valence-electron chi connectivity index (χ0n) is 11.9. The Bertz CT molecular complexity index is 783. The molecule has 0 radical (unpaired) electrons. The van der Waals surface area contributed by atoms with Crippen molar-refractivity contribution in [3.8, 4) is 22.1 Å². The minimum atomic E-state index is 0.656. The molecule has 1 heterocycles. The van der Waals surface area contributed by atoms with E-state index in [1.165, 1.54) is 0 Å². The summed E-state index contributed by atoms with van der Waals surface area (Å²) in [6.07, 6.45) is 0. The fourth-order valence-corrected chi connectivity index (χ4v) is 3.19. The van der Waals surface area contributed by atoms with Gasteiger partial charge in [-0.3, -0.25) is 0 Å². The second kappa shape index (κ2) is 5.61. The highest BCUT2D eigenvalue weighted by Crippen LogP contribution is 2.37. The highest BCUT2D eigenvalue weighted by Gasteiger charge is 2.12. The van der Waals surface area contributed by atoms with Gasteiger partial charge in [0.25, 0.3) is 0 Å². The lowest BCUT2D eigenvalue weighted by Crippen LogP contribution is -1.91. The van der Waals surface area contributed by atoms with E-state index in [4.69, 9.17) is 15.2 Å². The molecule has 0 spiro atoms. The van der Waals surface area contributed by atoms with Crippen molar-refractivity contribution in [2.24, 2.45) is 0 Å². The molecule has 0 aliphatic heterocycles. The Hall–Kier alpha value is -2.27. The molecule has 0 bridgehead atoms. The Morgan fingerprint density at radius 1 is 1.19 bits per heavy atom. The van der Waals surface area contributed by atoms with Crippen LogP contribution in [0, 0.1) is 0 Å². The SMILES string of the molecule is CCOc1ccc2nc(-c3ccc(N)cc3OC)sc2c1. The number of aromatic nitrogens is 1. The minimum Gasteiger partial charge on any atom is -0.496 e. The molecule has 0 saturated heterocycles. The van der Waals surface area contributed by atoms with E-state index in [1.54, 1.807) is 18.4 Å². The first-order valence-corrected chi connectivity index (χ1v) is 7.50. The van der Waals surface area contributed by atoms with Crippen LogP contribution >= 0.6 is 11.3 Å². The van der Waals surface area contributed by atoms with Crippen molar-refractivity contribution in [3.05, 3.63) is 36.4 Å². The molecular formula is C16H16N2O2S. The first-order valence-electron chi connectivity index (χ1n) is 6.68. The van der Waals surface area contributed by atoms with Crippen molar-refractivity contribution in [2.75, 3.05) is 19.5 Å². The van der Waals surface area contributed by atoms with Crippen LogP contribution in [0.3, 0.4) is 0 Å². The Balaban J connectivity index is 2.08. The van der Waals surface area contributed by atoms with E-state index in [0.29, 0.717) is 12.3 Å². The monoisotopic (exact) mass is 300 g/mol. The Morgan fingerprint density at radius 3 is 2.81 bits per heavy atom.